The van der Waals surface area contributed by atoms with Gasteiger partial charge in [0.15, 0.2) is 0 Å². The minimum Gasteiger partial charge on any atom is -0.383 e. The van der Waals surface area contributed by atoms with Gasteiger partial charge in [0.25, 0.3) is 0 Å². The molecule has 2 rings (SSSR count). The first-order chi connectivity index (χ1) is 7.73. The van der Waals surface area contributed by atoms with Crippen molar-refractivity contribution < 1.29 is 4.74 Å². The molecule has 0 spiro atoms. The number of nitrogens with two attached hydrogens (primary N) is 1. The third-order valence-corrected chi connectivity index (χ3v) is 3.60. The highest BCUT2D eigenvalue weighted by molar-refractivity contribution is 5.42. The summed E-state index contributed by atoms with van der Waals surface area (Å²) in [6, 6.07) is 4.06. The molecule has 0 bridgehead atoms. The second-order valence-corrected chi connectivity index (χ2v) is 4.32. The van der Waals surface area contributed by atoms with Crippen LogP contribution in [0.4, 0.5) is 5.82 Å². The number of nitrogen functional groups attached to an aromatic ring is 1. The van der Waals surface area contributed by atoms with Gasteiger partial charge in [-0.2, -0.15) is 0 Å². The Balaban J connectivity index is 2.32. The van der Waals surface area contributed by atoms with E-state index < -0.39 is 0 Å². The summed E-state index contributed by atoms with van der Waals surface area (Å²) in [5.74, 6) is 0.588. The molecule has 1 aliphatic carbocycles. The van der Waals surface area contributed by atoms with Crippen LogP contribution in [0.3, 0.4) is 0 Å². The SMILES string of the molecule is CNC(c1cccnc1N)C1(OC)CCC1. The fraction of sp³-hybridized carbons (Fsp3) is 0.583. The zero-order valence-corrected chi connectivity index (χ0v) is 9.86. The number of aromatic nitrogens is 1. The van der Waals surface area contributed by atoms with Gasteiger partial charge in [-0.15, -0.1) is 0 Å². The van der Waals surface area contributed by atoms with Crippen LogP contribution in [0.15, 0.2) is 18.3 Å². The molecule has 88 valence electrons. The fourth-order valence-corrected chi connectivity index (χ4v) is 2.51. The van der Waals surface area contributed by atoms with E-state index in [1.54, 1.807) is 13.3 Å². The molecule has 4 nitrogen and oxygen atoms in total. The Labute approximate surface area is 96.2 Å². The molecule has 1 aromatic heterocycles. The maximum absolute atomic E-state index is 5.92. The van der Waals surface area contributed by atoms with Gasteiger partial charge in [-0.25, -0.2) is 4.98 Å². The van der Waals surface area contributed by atoms with Gasteiger partial charge in [0.05, 0.1) is 11.6 Å². The average Bonchev–Trinajstić information content (AvgIpc) is 2.25. The Morgan fingerprint density at radius 3 is 2.75 bits per heavy atom. The topological polar surface area (TPSA) is 60.2 Å². The van der Waals surface area contributed by atoms with Crippen LogP contribution in [0.5, 0.6) is 0 Å². The molecule has 0 radical (unpaired) electrons. The van der Waals surface area contributed by atoms with Crippen molar-refractivity contribution in [3.63, 3.8) is 0 Å². The smallest absolute Gasteiger partial charge is 0.128 e. The number of rotatable bonds is 4. The second kappa shape index (κ2) is 4.39. The van der Waals surface area contributed by atoms with Crippen molar-refractivity contribution in [2.24, 2.45) is 0 Å². The minimum absolute atomic E-state index is 0.105. The number of ether oxygens (including phenoxy) is 1. The lowest BCUT2D eigenvalue weighted by Gasteiger charge is -2.46. The zero-order valence-electron chi connectivity index (χ0n) is 9.86. The number of methoxy groups -OCH3 is 1. The van der Waals surface area contributed by atoms with Crippen molar-refractivity contribution in [3.05, 3.63) is 23.9 Å². The van der Waals surface area contributed by atoms with E-state index in [-0.39, 0.29) is 11.6 Å². The van der Waals surface area contributed by atoms with Gasteiger partial charge in [-0.3, -0.25) is 0 Å². The van der Waals surface area contributed by atoms with E-state index in [4.69, 9.17) is 10.5 Å². The lowest BCUT2D eigenvalue weighted by atomic mass is 9.72. The Morgan fingerprint density at radius 1 is 1.56 bits per heavy atom. The Bertz CT molecular complexity index is 358. The molecule has 1 saturated carbocycles. The first-order valence-electron chi connectivity index (χ1n) is 5.66. The lowest BCUT2D eigenvalue weighted by Crippen LogP contribution is -2.50. The molecule has 1 aromatic rings. The number of likely N-dealkylation sites (N-methyl/N-ethyl adjacent to an activating group) is 1. The number of anilines is 1. The highest BCUT2D eigenvalue weighted by Crippen LogP contribution is 2.45. The van der Waals surface area contributed by atoms with Crippen LogP contribution in [0, 0.1) is 0 Å². The summed E-state index contributed by atoms with van der Waals surface area (Å²) in [7, 11) is 3.71. The zero-order chi connectivity index (χ0) is 11.6. The molecule has 1 atom stereocenters. The van der Waals surface area contributed by atoms with Crippen molar-refractivity contribution in [2.75, 3.05) is 19.9 Å². The maximum Gasteiger partial charge on any atom is 0.128 e. The third-order valence-electron chi connectivity index (χ3n) is 3.60. The van der Waals surface area contributed by atoms with Crippen molar-refractivity contribution in [3.8, 4) is 0 Å². The third kappa shape index (κ3) is 1.68. The Kier molecular flexibility index (Phi) is 3.12. The van der Waals surface area contributed by atoms with Crippen LogP contribution in [0.2, 0.25) is 0 Å². The first kappa shape index (κ1) is 11.4. The predicted molar refractivity (Wildman–Crippen MR) is 64.0 cm³/mol. The van der Waals surface area contributed by atoms with Gasteiger partial charge in [-0.1, -0.05) is 6.07 Å². The molecular weight excluding hydrogens is 202 g/mol. The van der Waals surface area contributed by atoms with Crippen LogP contribution >= 0.6 is 0 Å². The molecule has 0 saturated heterocycles. The van der Waals surface area contributed by atoms with Crippen molar-refractivity contribution in [2.45, 2.75) is 30.9 Å². The lowest BCUT2D eigenvalue weighted by molar-refractivity contribution is -0.0982. The van der Waals surface area contributed by atoms with Crippen molar-refractivity contribution in [1.29, 1.82) is 0 Å². The Hall–Kier alpha value is -1.13. The number of pyridine rings is 1. The summed E-state index contributed by atoms with van der Waals surface area (Å²) in [4.78, 5) is 4.14. The fourth-order valence-electron chi connectivity index (χ4n) is 2.51. The summed E-state index contributed by atoms with van der Waals surface area (Å²) < 4.78 is 5.69. The quantitative estimate of drug-likeness (QED) is 0.808. The van der Waals surface area contributed by atoms with E-state index in [0.717, 1.165) is 18.4 Å². The molecule has 1 heterocycles. The molecule has 3 N–H and O–H groups in total. The molecule has 4 heteroatoms. The van der Waals surface area contributed by atoms with E-state index in [0.29, 0.717) is 5.82 Å². The molecule has 0 amide bonds. The van der Waals surface area contributed by atoms with Crippen LogP contribution < -0.4 is 11.1 Å². The van der Waals surface area contributed by atoms with Gasteiger partial charge < -0.3 is 15.8 Å². The van der Waals surface area contributed by atoms with E-state index >= 15 is 0 Å². The molecule has 0 aliphatic heterocycles. The number of nitrogens with zero attached hydrogens (tertiary/aromatic N) is 1. The van der Waals surface area contributed by atoms with Gasteiger partial charge in [0.1, 0.15) is 5.82 Å². The second-order valence-electron chi connectivity index (χ2n) is 4.32. The summed E-state index contributed by atoms with van der Waals surface area (Å²) in [6.45, 7) is 0. The van der Waals surface area contributed by atoms with E-state index in [2.05, 4.69) is 10.3 Å². The van der Waals surface area contributed by atoms with Gasteiger partial charge in [0, 0.05) is 18.9 Å². The largest absolute Gasteiger partial charge is 0.383 e. The Morgan fingerprint density at radius 2 is 2.31 bits per heavy atom. The first-order valence-corrected chi connectivity index (χ1v) is 5.66. The molecule has 16 heavy (non-hydrogen) atoms. The van der Waals surface area contributed by atoms with E-state index in [1.165, 1.54) is 6.42 Å². The van der Waals surface area contributed by atoms with Crippen LogP contribution in [-0.4, -0.2) is 24.7 Å². The van der Waals surface area contributed by atoms with Gasteiger partial charge >= 0.3 is 0 Å². The number of nitrogens with one attached hydrogen (secondary N) is 1. The van der Waals surface area contributed by atoms with Gasteiger partial charge in [-0.05, 0) is 32.4 Å². The molecule has 1 aliphatic rings. The summed E-state index contributed by atoms with van der Waals surface area (Å²) >= 11 is 0. The average molecular weight is 221 g/mol. The summed E-state index contributed by atoms with van der Waals surface area (Å²) in [5, 5.41) is 3.31. The molecule has 0 aromatic carbocycles. The number of hydrogen-bond acceptors (Lipinski definition) is 4. The minimum atomic E-state index is -0.105. The highest BCUT2D eigenvalue weighted by atomic mass is 16.5. The van der Waals surface area contributed by atoms with Gasteiger partial charge in [0.2, 0.25) is 0 Å². The molecule has 1 fully saturated rings. The van der Waals surface area contributed by atoms with Crippen molar-refractivity contribution >= 4 is 5.82 Å². The maximum atomic E-state index is 5.92. The highest BCUT2D eigenvalue weighted by Gasteiger charge is 2.45. The van der Waals surface area contributed by atoms with Crippen LogP contribution in [0.25, 0.3) is 0 Å². The molecule has 1 unspecified atom stereocenters. The monoisotopic (exact) mass is 221 g/mol. The summed E-state index contributed by atoms with van der Waals surface area (Å²) in [6.07, 6.45) is 5.07. The van der Waals surface area contributed by atoms with Crippen LogP contribution in [-0.2, 0) is 4.74 Å². The van der Waals surface area contributed by atoms with Crippen LogP contribution in [0.1, 0.15) is 30.9 Å². The summed E-state index contributed by atoms with van der Waals surface area (Å²) in [5.41, 5.74) is 6.85. The standard InChI is InChI=1S/C12H19N3O/c1-14-10(12(16-2)6-4-7-12)9-5-3-8-15-11(9)13/h3,5,8,10,14H,4,6-7H2,1-2H3,(H2,13,15). The molecular formula is C12H19N3O. The van der Waals surface area contributed by atoms with E-state index in [1.807, 2.05) is 19.2 Å². The normalized spacial score (nSPS) is 20.1. The number of hydrogen-bond donors (Lipinski definition) is 2. The van der Waals surface area contributed by atoms with E-state index in [9.17, 15) is 0 Å². The van der Waals surface area contributed by atoms with Crippen molar-refractivity contribution in [1.82, 2.24) is 10.3 Å². The predicted octanol–water partition coefficient (Wildman–Crippen LogP) is 1.49.